The average Bonchev–Trinajstić information content (AvgIpc) is 1.81. The van der Waals surface area contributed by atoms with Crippen molar-refractivity contribution in [3.8, 4) is 0 Å². The second-order valence-corrected chi connectivity index (χ2v) is 3.25. The van der Waals surface area contributed by atoms with Crippen LogP contribution in [0.2, 0.25) is 0 Å². The summed E-state index contributed by atoms with van der Waals surface area (Å²) >= 11 is 0. The molecular weight excluding hydrogens is 112 g/mol. The van der Waals surface area contributed by atoms with E-state index in [1.807, 2.05) is 0 Å². The van der Waals surface area contributed by atoms with E-state index in [1.54, 1.807) is 0 Å². The minimum atomic E-state index is 0.704. The van der Waals surface area contributed by atoms with Crippen molar-refractivity contribution < 1.29 is 0 Å². The maximum atomic E-state index is 3.33. The highest BCUT2D eigenvalue weighted by Gasteiger charge is 2.33. The van der Waals surface area contributed by atoms with Crippen molar-refractivity contribution >= 4 is 0 Å². The van der Waals surface area contributed by atoms with Gasteiger partial charge in [0.2, 0.25) is 0 Å². The summed E-state index contributed by atoms with van der Waals surface area (Å²) in [6, 6.07) is 1.42. The van der Waals surface area contributed by atoms with E-state index in [0.29, 0.717) is 12.1 Å². The molecule has 0 aromatic carbocycles. The Morgan fingerprint density at radius 1 is 1.44 bits per heavy atom. The van der Waals surface area contributed by atoms with E-state index in [0.717, 1.165) is 5.92 Å². The molecule has 1 aliphatic heterocycles. The fraction of sp³-hybridized carbons (Fsp3) is 1.00. The molecule has 0 radical (unpaired) electrons. The first-order valence-corrected chi connectivity index (χ1v) is 3.62. The van der Waals surface area contributed by atoms with Crippen LogP contribution >= 0.6 is 0 Å². The van der Waals surface area contributed by atoms with E-state index in [-0.39, 0.29) is 0 Å². The van der Waals surface area contributed by atoms with Crippen LogP contribution in [0.25, 0.3) is 0 Å². The van der Waals surface area contributed by atoms with Crippen molar-refractivity contribution in [1.29, 1.82) is 0 Å². The van der Waals surface area contributed by atoms with Crippen LogP contribution in [-0.2, 0) is 0 Å². The maximum Gasteiger partial charge on any atom is 0.0405 e. The van der Waals surface area contributed by atoms with E-state index in [1.165, 1.54) is 0 Å². The second-order valence-electron chi connectivity index (χ2n) is 3.25. The van der Waals surface area contributed by atoms with Gasteiger partial charge in [-0.2, -0.15) is 0 Å². The van der Waals surface area contributed by atoms with Crippen LogP contribution in [-0.4, -0.2) is 24.1 Å². The lowest BCUT2D eigenvalue weighted by atomic mass is 9.94. The average molecular weight is 128 g/mol. The van der Waals surface area contributed by atoms with Gasteiger partial charge in [-0.25, -0.2) is 5.01 Å². The van der Waals surface area contributed by atoms with E-state index < -0.39 is 0 Å². The van der Waals surface area contributed by atoms with Gasteiger partial charge in [0, 0.05) is 19.1 Å². The summed E-state index contributed by atoms with van der Waals surface area (Å²) in [5.74, 6) is 0.760. The fourth-order valence-electron chi connectivity index (χ4n) is 1.33. The van der Waals surface area contributed by atoms with Crippen molar-refractivity contribution in [3.63, 3.8) is 0 Å². The van der Waals surface area contributed by atoms with Crippen molar-refractivity contribution in [2.75, 3.05) is 7.05 Å². The smallest absolute Gasteiger partial charge is 0.0405 e. The quantitative estimate of drug-likeness (QED) is 0.563. The van der Waals surface area contributed by atoms with Crippen LogP contribution in [0.15, 0.2) is 0 Å². The molecular formula is C7H16N2. The highest BCUT2D eigenvalue weighted by atomic mass is 15.6. The first-order chi connectivity index (χ1) is 4.13. The first-order valence-electron chi connectivity index (χ1n) is 3.62. The standard InChI is InChI=1S/C7H16N2/c1-5(2)7-6(3)9(4)8-7/h5-8H,1-4H3/t6?,7-/m0/s1. The number of rotatable bonds is 1. The lowest BCUT2D eigenvalue weighted by Crippen LogP contribution is -2.68. The fourth-order valence-corrected chi connectivity index (χ4v) is 1.33. The summed E-state index contributed by atoms with van der Waals surface area (Å²) in [5, 5.41) is 2.16. The molecule has 2 heteroatoms. The molecule has 2 nitrogen and oxygen atoms in total. The Balaban J connectivity index is 2.33. The predicted octanol–water partition coefficient (Wildman–Crippen LogP) is 0.849. The van der Waals surface area contributed by atoms with E-state index >= 15 is 0 Å². The molecule has 0 aromatic rings. The Labute approximate surface area is 57.2 Å². The number of nitrogens with one attached hydrogen (secondary N) is 1. The Morgan fingerprint density at radius 2 is 2.00 bits per heavy atom. The van der Waals surface area contributed by atoms with Gasteiger partial charge in [0.1, 0.15) is 0 Å². The van der Waals surface area contributed by atoms with Crippen LogP contribution in [0, 0.1) is 5.92 Å². The van der Waals surface area contributed by atoms with Gasteiger partial charge < -0.3 is 0 Å². The molecule has 1 fully saturated rings. The molecule has 1 unspecified atom stereocenters. The predicted molar refractivity (Wildman–Crippen MR) is 39.0 cm³/mol. The van der Waals surface area contributed by atoms with Crippen LogP contribution < -0.4 is 5.43 Å². The second kappa shape index (κ2) is 2.27. The number of hydrazine groups is 1. The molecule has 0 aliphatic carbocycles. The molecule has 9 heavy (non-hydrogen) atoms. The van der Waals surface area contributed by atoms with Gasteiger partial charge in [-0.05, 0) is 12.8 Å². The zero-order chi connectivity index (χ0) is 7.02. The number of likely N-dealkylation sites (N-methyl/N-ethyl adjacent to an activating group) is 1. The summed E-state index contributed by atoms with van der Waals surface area (Å²) in [4.78, 5) is 0. The molecule has 1 heterocycles. The van der Waals surface area contributed by atoms with Gasteiger partial charge in [-0.15, -0.1) is 0 Å². The van der Waals surface area contributed by atoms with Gasteiger partial charge in [0.05, 0.1) is 0 Å². The van der Waals surface area contributed by atoms with Gasteiger partial charge in [0.15, 0.2) is 0 Å². The van der Waals surface area contributed by atoms with E-state index in [4.69, 9.17) is 0 Å². The Bertz CT molecular complexity index is 101. The third-order valence-electron chi connectivity index (χ3n) is 2.20. The number of hydrogen-bond acceptors (Lipinski definition) is 2. The third kappa shape index (κ3) is 1.10. The van der Waals surface area contributed by atoms with Gasteiger partial charge in [0.25, 0.3) is 0 Å². The van der Waals surface area contributed by atoms with Crippen LogP contribution in [0.1, 0.15) is 20.8 Å². The zero-order valence-electron chi connectivity index (χ0n) is 6.68. The van der Waals surface area contributed by atoms with Crippen LogP contribution in [0.5, 0.6) is 0 Å². The van der Waals surface area contributed by atoms with Crippen molar-refractivity contribution in [2.24, 2.45) is 5.92 Å². The topological polar surface area (TPSA) is 15.3 Å². The van der Waals surface area contributed by atoms with Crippen molar-refractivity contribution in [3.05, 3.63) is 0 Å². The molecule has 0 amide bonds. The van der Waals surface area contributed by atoms with Crippen molar-refractivity contribution in [1.82, 2.24) is 10.4 Å². The summed E-state index contributed by atoms with van der Waals surface area (Å²) in [7, 11) is 2.09. The summed E-state index contributed by atoms with van der Waals surface area (Å²) in [6.07, 6.45) is 0. The molecule has 1 saturated heterocycles. The Kier molecular flexibility index (Phi) is 1.78. The Hall–Kier alpha value is -0.0800. The largest absolute Gasteiger partial charge is 0.250 e. The van der Waals surface area contributed by atoms with E-state index in [9.17, 15) is 0 Å². The molecule has 0 aromatic heterocycles. The molecule has 1 aliphatic rings. The SMILES string of the molecule is CC(C)[C@@H]1NN(C)C1C. The molecule has 54 valence electrons. The molecule has 0 spiro atoms. The minimum Gasteiger partial charge on any atom is -0.250 e. The van der Waals surface area contributed by atoms with Gasteiger partial charge in [-0.3, -0.25) is 5.43 Å². The Morgan fingerprint density at radius 3 is 2.11 bits per heavy atom. The summed E-state index contributed by atoms with van der Waals surface area (Å²) in [5.41, 5.74) is 3.33. The highest BCUT2D eigenvalue weighted by molar-refractivity contribution is 4.88. The monoisotopic (exact) mass is 128 g/mol. The lowest BCUT2D eigenvalue weighted by molar-refractivity contribution is -0.0167. The number of nitrogens with zero attached hydrogens (tertiary/aromatic N) is 1. The molecule has 1 rings (SSSR count). The summed E-state index contributed by atoms with van der Waals surface area (Å²) in [6.45, 7) is 6.75. The zero-order valence-corrected chi connectivity index (χ0v) is 6.68. The minimum absolute atomic E-state index is 0.704. The maximum absolute atomic E-state index is 3.33. The molecule has 0 saturated carbocycles. The molecule has 0 bridgehead atoms. The highest BCUT2D eigenvalue weighted by Crippen LogP contribution is 2.17. The van der Waals surface area contributed by atoms with Crippen LogP contribution in [0.3, 0.4) is 0 Å². The lowest BCUT2D eigenvalue weighted by Gasteiger charge is -2.47. The normalized spacial score (nSPS) is 37.0. The third-order valence-corrected chi connectivity index (χ3v) is 2.20. The van der Waals surface area contributed by atoms with Gasteiger partial charge in [-0.1, -0.05) is 13.8 Å². The van der Waals surface area contributed by atoms with Crippen molar-refractivity contribution in [2.45, 2.75) is 32.9 Å². The van der Waals surface area contributed by atoms with Crippen LogP contribution in [0.4, 0.5) is 0 Å². The molecule has 2 atom stereocenters. The number of hydrogen-bond donors (Lipinski definition) is 1. The summed E-state index contributed by atoms with van der Waals surface area (Å²) < 4.78 is 0. The first kappa shape index (κ1) is 7.03. The van der Waals surface area contributed by atoms with E-state index in [2.05, 4.69) is 38.3 Å². The van der Waals surface area contributed by atoms with Gasteiger partial charge >= 0.3 is 0 Å². The molecule has 1 N–H and O–H groups in total.